The zero-order valence-corrected chi connectivity index (χ0v) is 10.9. The molecule has 0 aromatic carbocycles. The molecule has 0 saturated heterocycles. The molecule has 0 saturated carbocycles. The molecule has 3 N–H and O–H groups in total. The van der Waals surface area contributed by atoms with Gasteiger partial charge in [-0.3, -0.25) is 0 Å². The van der Waals surface area contributed by atoms with Crippen molar-refractivity contribution in [1.82, 2.24) is 9.97 Å². The molecule has 0 aliphatic heterocycles. The van der Waals surface area contributed by atoms with E-state index in [0.717, 1.165) is 0 Å². The molecule has 0 fully saturated rings. The fraction of sp³-hybridized carbons (Fsp3) is 0.636. The molecule has 0 radical (unpaired) electrons. The molecule has 1 unspecified atom stereocenters. The van der Waals surface area contributed by atoms with Gasteiger partial charge in [0, 0.05) is 11.6 Å². The Kier molecular flexibility index (Phi) is 4.11. The summed E-state index contributed by atoms with van der Waals surface area (Å²) >= 11 is 0. The minimum absolute atomic E-state index is 0.0525. The van der Waals surface area contributed by atoms with E-state index in [0.29, 0.717) is 17.7 Å². The fourth-order valence-corrected chi connectivity index (χ4v) is 1.07. The number of aromatic nitrogens is 2. The van der Waals surface area contributed by atoms with Crippen molar-refractivity contribution in [3.05, 3.63) is 6.07 Å². The quantitative estimate of drug-likeness (QED) is 0.800. The number of nitrogens with two attached hydrogens (primary N) is 1. The van der Waals surface area contributed by atoms with Gasteiger partial charge in [0.15, 0.2) is 0 Å². The van der Waals surface area contributed by atoms with Crippen LogP contribution in [0.15, 0.2) is 6.07 Å². The summed E-state index contributed by atoms with van der Waals surface area (Å²) in [6.45, 7) is 5.88. The highest BCUT2D eigenvalue weighted by atomic mass is 16.5. The second kappa shape index (κ2) is 5.18. The van der Waals surface area contributed by atoms with E-state index in [1.807, 2.05) is 20.8 Å². The number of nitrogens with one attached hydrogen (secondary N) is 1. The first kappa shape index (κ1) is 13.5. The molecular weight excluding hydrogens is 220 g/mol. The summed E-state index contributed by atoms with van der Waals surface area (Å²) in [7, 11) is 3.09. The zero-order chi connectivity index (χ0) is 13.1. The monoisotopic (exact) mass is 240 g/mol. The molecule has 0 bridgehead atoms. The molecule has 1 aromatic heterocycles. The first-order valence-corrected chi connectivity index (χ1v) is 5.40. The molecule has 6 nitrogen and oxygen atoms in total. The molecule has 17 heavy (non-hydrogen) atoms. The lowest BCUT2D eigenvalue weighted by Crippen LogP contribution is -2.47. The highest BCUT2D eigenvalue weighted by Crippen LogP contribution is 2.20. The third-order valence-corrected chi connectivity index (χ3v) is 2.67. The van der Waals surface area contributed by atoms with Crippen LogP contribution in [0.3, 0.4) is 0 Å². The molecule has 0 aliphatic rings. The van der Waals surface area contributed by atoms with Crippen LogP contribution < -0.4 is 20.5 Å². The van der Waals surface area contributed by atoms with Crippen molar-refractivity contribution in [2.75, 3.05) is 19.5 Å². The summed E-state index contributed by atoms with van der Waals surface area (Å²) in [6.07, 6.45) is 0. The predicted octanol–water partition coefficient (Wildman–Crippen LogP) is 1.03. The minimum Gasteiger partial charge on any atom is -0.481 e. The molecule has 6 heteroatoms. The summed E-state index contributed by atoms with van der Waals surface area (Å²) in [4.78, 5) is 8.37. The Balaban J connectivity index is 2.98. The van der Waals surface area contributed by atoms with Crippen molar-refractivity contribution in [3.63, 3.8) is 0 Å². The molecule has 1 heterocycles. The Hall–Kier alpha value is -1.56. The predicted molar refractivity (Wildman–Crippen MR) is 66.5 cm³/mol. The van der Waals surface area contributed by atoms with Crippen LogP contribution in [0.4, 0.5) is 5.95 Å². The summed E-state index contributed by atoms with van der Waals surface area (Å²) in [6, 6.07) is 1.56. The number of methoxy groups -OCH3 is 2. The lowest BCUT2D eigenvalue weighted by molar-refractivity contribution is 0.371. The molecule has 1 rings (SSSR count). The second-order valence-corrected chi connectivity index (χ2v) is 4.41. The highest BCUT2D eigenvalue weighted by Gasteiger charge is 2.24. The Morgan fingerprint density at radius 1 is 1.24 bits per heavy atom. The second-order valence-electron chi connectivity index (χ2n) is 4.41. The summed E-state index contributed by atoms with van der Waals surface area (Å²) in [5.74, 6) is 1.32. The van der Waals surface area contributed by atoms with Crippen LogP contribution in [-0.4, -0.2) is 35.8 Å². The van der Waals surface area contributed by atoms with E-state index in [1.165, 1.54) is 0 Å². The van der Waals surface area contributed by atoms with Gasteiger partial charge in [0.2, 0.25) is 17.7 Å². The van der Waals surface area contributed by atoms with Gasteiger partial charge < -0.3 is 20.5 Å². The van der Waals surface area contributed by atoms with Gasteiger partial charge in [-0.15, -0.1) is 0 Å². The molecule has 96 valence electrons. The maximum Gasteiger partial charge on any atom is 0.229 e. The third-order valence-electron chi connectivity index (χ3n) is 2.67. The number of hydrogen-bond acceptors (Lipinski definition) is 6. The van der Waals surface area contributed by atoms with Gasteiger partial charge >= 0.3 is 0 Å². The van der Waals surface area contributed by atoms with Crippen LogP contribution >= 0.6 is 0 Å². The average Bonchev–Trinajstić information content (AvgIpc) is 2.27. The van der Waals surface area contributed by atoms with Crippen LogP contribution in [0.2, 0.25) is 0 Å². The summed E-state index contributed by atoms with van der Waals surface area (Å²) in [5.41, 5.74) is 5.56. The van der Waals surface area contributed by atoms with E-state index < -0.39 is 0 Å². The van der Waals surface area contributed by atoms with Crippen LogP contribution in [0.1, 0.15) is 20.8 Å². The normalized spacial score (nSPS) is 13.1. The van der Waals surface area contributed by atoms with Crippen LogP contribution in [0.5, 0.6) is 11.8 Å². The van der Waals surface area contributed by atoms with E-state index in [4.69, 9.17) is 15.2 Å². The maximum atomic E-state index is 5.88. The maximum absolute atomic E-state index is 5.88. The number of rotatable bonds is 5. The van der Waals surface area contributed by atoms with Crippen molar-refractivity contribution in [2.45, 2.75) is 32.4 Å². The van der Waals surface area contributed by atoms with Crippen molar-refractivity contribution < 1.29 is 9.47 Å². The lowest BCUT2D eigenvalue weighted by atomic mass is 9.97. The largest absolute Gasteiger partial charge is 0.481 e. The van der Waals surface area contributed by atoms with E-state index in [-0.39, 0.29) is 11.6 Å². The van der Waals surface area contributed by atoms with Gasteiger partial charge in [-0.1, -0.05) is 0 Å². The minimum atomic E-state index is -0.322. The van der Waals surface area contributed by atoms with Crippen molar-refractivity contribution in [3.8, 4) is 11.8 Å². The van der Waals surface area contributed by atoms with Crippen LogP contribution in [0, 0.1) is 0 Å². The number of anilines is 1. The SMILES string of the molecule is COc1cc(OC)nc(NC(C)(C)C(C)N)n1. The highest BCUT2D eigenvalue weighted by molar-refractivity contribution is 5.36. The first-order valence-electron chi connectivity index (χ1n) is 5.40. The van der Waals surface area contributed by atoms with Gasteiger partial charge in [0.05, 0.1) is 20.3 Å². The molecule has 1 aromatic rings. The van der Waals surface area contributed by atoms with E-state index in [2.05, 4.69) is 15.3 Å². The standard InChI is InChI=1S/C11H20N4O2/c1-7(12)11(2,3)15-10-13-8(16-4)6-9(14-10)17-5/h6-7H,12H2,1-5H3,(H,13,14,15). The van der Waals surface area contributed by atoms with Gasteiger partial charge in [-0.25, -0.2) is 0 Å². The van der Waals surface area contributed by atoms with E-state index in [1.54, 1.807) is 20.3 Å². The van der Waals surface area contributed by atoms with E-state index in [9.17, 15) is 0 Å². The summed E-state index contributed by atoms with van der Waals surface area (Å²) < 4.78 is 10.1. The molecule has 1 atom stereocenters. The zero-order valence-electron chi connectivity index (χ0n) is 10.9. The van der Waals surface area contributed by atoms with Gasteiger partial charge in [0.1, 0.15) is 0 Å². The topological polar surface area (TPSA) is 82.3 Å². The molecule has 0 aliphatic carbocycles. The number of nitrogens with zero attached hydrogens (tertiary/aromatic N) is 2. The Labute approximate surface area is 102 Å². The molecular formula is C11H20N4O2. The van der Waals surface area contributed by atoms with Gasteiger partial charge in [-0.05, 0) is 20.8 Å². The van der Waals surface area contributed by atoms with Crippen LogP contribution in [0.25, 0.3) is 0 Å². The van der Waals surface area contributed by atoms with Gasteiger partial charge in [0.25, 0.3) is 0 Å². The number of ether oxygens (including phenoxy) is 2. The van der Waals surface area contributed by atoms with Crippen molar-refractivity contribution in [1.29, 1.82) is 0 Å². The number of hydrogen-bond donors (Lipinski definition) is 2. The smallest absolute Gasteiger partial charge is 0.229 e. The van der Waals surface area contributed by atoms with Gasteiger partial charge in [-0.2, -0.15) is 9.97 Å². The Morgan fingerprint density at radius 2 is 1.71 bits per heavy atom. The van der Waals surface area contributed by atoms with E-state index >= 15 is 0 Å². The Morgan fingerprint density at radius 3 is 2.06 bits per heavy atom. The third kappa shape index (κ3) is 3.45. The first-order chi connectivity index (χ1) is 7.89. The van der Waals surface area contributed by atoms with Crippen LogP contribution in [-0.2, 0) is 0 Å². The van der Waals surface area contributed by atoms with Crippen molar-refractivity contribution in [2.24, 2.45) is 5.73 Å². The lowest BCUT2D eigenvalue weighted by Gasteiger charge is -2.30. The van der Waals surface area contributed by atoms with Crippen molar-refractivity contribution >= 4 is 5.95 Å². The summed E-state index contributed by atoms with van der Waals surface area (Å²) in [5, 5.41) is 3.16. The average molecular weight is 240 g/mol. The fourth-order valence-electron chi connectivity index (χ4n) is 1.07. The molecule has 0 spiro atoms. The Bertz CT molecular complexity index is 357. The molecule has 0 amide bonds.